The van der Waals surface area contributed by atoms with E-state index in [0.29, 0.717) is 42.9 Å². The number of nitrogens with one attached hydrogen (secondary N) is 1. The SMILES string of the molecule is COc1cc(-c2cn(C)c(=O)c3cnc(N(C)C)cc23)cc(OC)c1CN1CCC(N2CCN(C3CCC(=O)NC3=O)C(=O)C2)C1. The number of aromatic nitrogens is 2. The Balaban J connectivity index is 1.20. The van der Waals surface area contributed by atoms with E-state index >= 15 is 0 Å². The standard InChI is InChI=1S/C33H41N7O6/c1-36(2)29-14-22-23(15-34-29)33(44)37(3)17-24(22)20-12-27(45-4)25(28(13-20)46-5)18-38-9-8-21(16-38)39-10-11-40(31(42)19-39)26-6-7-30(41)35-32(26)43/h12-15,17,21,26H,6-11,16,18-19H2,1-5H3,(H,35,41,43). The fraction of sp³-hybridized carbons (Fsp3) is 0.485. The molecule has 0 spiro atoms. The molecule has 3 aliphatic heterocycles. The maximum atomic E-state index is 13.1. The highest BCUT2D eigenvalue weighted by molar-refractivity contribution is 6.02. The monoisotopic (exact) mass is 631 g/mol. The van der Waals surface area contributed by atoms with Crippen LogP contribution in [0.4, 0.5) is 5.82 Å². The molecule has 3 fully saturated rings. The quantitative estimate of drug-likeness (QED) is 0.362. The number of nitrogens with zero attached hydrogens (tertiary/aromatic N) is 6. The number of ether oxygens (including phenoxy) is 2. The van der Waals surface area contributed by atoms with Gasteiger partial charge < -0.3 is 23.8 Å². The number of hydrogen-bond acceptors (Lipinski definition) is 10. The number of benzene rings is 1. The summed E-state index contributed by atoms with van der Waals surface area (Å²) in [5.41, 5.74) is 2.54. The van der Waals surface area contributed by atoms with Crippen LogP contribution in [0.15, 0.2) is 35.4 Å². The molecule has 3 aromatic rings. The van der Waals surface area contributed by atoms with E-state index < -0.39 is 6.04 Å². The highest BCUT2D eigenvalue weighted by Gasteiger charge is 2.39. The molecule has 5 heterocycles. The fourth-order valence-electron chi connectivity index (χ4n) is 6.92. The van der Waals surface area contributed by atoms with Gasteiger partial charge in [-0.2, -0.15) is 0 Å². The molecule has 0 bridgehead atoms. The van der Waals surface area contributed by atoms with Gasteiger partial charge >= 0.3 is 0 Å². The molecule has 3 aliphatic rings. The maximum Gasteiger partial charge on any atom is 0.259 e. The van der Waals surface area contributed by atoms with E-state index in [4.69, 9.17) is 9.47 Å². The molecule has 13 nitrogen and oxygen atoms in total. The molecule has 2 atom stereocenters. The lowest BCUT2D eigenvalue weighted by molar-refractivity contribution is -0.149. The summed E-state index contributed by atoms with van der Waals surface area (Å²) < 4.78 is 13.4. The van der Waals surface area contributed by atoms with Crippen molar-refractivity contribution in [2.24, 2.45) is 7.05 Å². The molecular formula is C33H41N7O6. The number of carbonyl (C=O) groups excluding carboxylic acids is 3. The van der Waals surface area contributed by atoms with Gasteiger partial charge in [-0.25, -0.2) is 4.98 Å². The van der Waals surface area contributed by atoms with E-state index in [1.807, 2.05) is 43.4 Å². The highest BCUT2D eigenvalue weighted by Crippen LogP contribution is 2.39. The Hall–Kier alpha value is -4.49. The zero-order chi connectivity index (χ0) is 32.7. The molecule has 3 saturated heterocycles. The van der Waals surface area contributed by atoms with Gasteiger partial charge in [0.25, 0.3) is 5.56 Å². The number of hydrogen-bond donors (Lipinski definition) is 1. The number of pyridine rings is 2. The van der Waals surface area contributed by atoms with Crippen LogP contribution < -0.4 is 25.2 Å². The molecule has 2 unspecified atom stereocenters. The summed E-state index contributed by atoms with van der Waals surface area (Å²) >= 11 is 0. The first kappa shape index (κ1) is 31.5. The fourth-order valence-corrected chi connectivity index (χ4v) is 6.92. The van der Waals surface area contributed by atoms with Crippen LogP contribution in [-0.2, 0) is 28.0 Å². The summed E-state index contributed by atoms with van der Waals surface area (Å²) in [5, 5.41) is 3.70. The number of methoxy groups -OCH3 is 2. The summed E-state index contributed by atoms with van der Waals surface area (Å²) in [5.74, 6) is 1.40. The second-order valence-electron chi connectivity index (χ2n) is 12.5. The second kappa shape index (κ2) is 12.7. The minimum Gasteiger partial charge on any atom is -0.496 e. The molecule has 0 radical (unpaired) electrons. The smallest absolute Gasteiger partial charge is 0.259 e. The number of fused-ring (bicyclic) bond motifs is 1. The van der Waals surface area contributed by atoms with Crippen molar-refractivity contribution in [2.45, 2.75) is 37.9 Å². The average Bonchev–Trinajstić information content (AvgIpc) is 3.51. The third-order valence-corrected chi connectivity index (χ3v) is 9.45. The van der Waals surface area contributed by atoms with Crippen LogP contribution >= 0.6 is 0 Å². The van der Waals surface area contributed by atoms with Crippen molar-refractivity contribution in [1.29, 1.82) is 0 Å². The molecule has 2 aromatic heterocycles. The summed E-state index contributed by atoms with van der Waals surface area (Å²) in [6.45, 7) is 3.65. The molecule has 1 N–H and O–H groups in total. The molecule has 0 aliphatic carbocycles. The number of aryl methyl sites for hydroxylation is 1. The predicted octanol–water partition coefficient (Wildman–Crippen LogP) is 1.21. The number of imide groups is 1. The van der Waals surface area contributed by atoms with Gasteiger partial charge in [-0.15, -0.1) is 0 Å². The number of piperazine rings is 1. The third-order valence-electron chi connectivity index (χ3n) is 9.45. The molecular weight excluding hydrogens is 590 g/mol. The number of anilines is 1. The first-order chi connectivity index (χ1) is 22.1. The zero-order valence-corrected chi connectivity index (χ0v) is 27.0. The maximum absolute atomic E-state index is 13.1. The van der Waals surface area contributed by atoms with Crippen LogP contribution in [0.1, 0.15) is 24.8 Å². The Morgan fingerprint density at radius 2 is 1.72 bits per heavy atom. The van der Waals surface area contributed by atoms with Crippen molar-refractivity contribution in [1.82, 2.24) is 29.6 Å². The zero-order valence-electron chi connectivity index (χ0n) is 27.0. The van der Waals surface area contributed by atoms with Gasteiger partial charge in [0.05, 0.1) is 31.7 Å². The minimum absolute atomic E-state index is 0.0717. The topological polar surface area (TPSA) is 130 Å². The van der Waals surface area contributed by atoms with E-state index in [2.05, 4.69) is 20.1 Å². The van der Waals surface area contributed by atoms with E-state index in [1.54, 1.807) is 36.9 Å². The Kier molecular flexibility index (Phi) is 8.71. The van der Waals surface area contributed by atoms with Crippen LogP contribution in [0.2, 0.25) is 0 Å². The molecule has 0 saturated carbocycles. The van der Waals surface area contributed by atoms with Gasteiger partial charge in [0, 0.05) is 89.7 Å². The van der Waals surface area contributed by atoms with Gasteiger partial charge in [-0.3, -0.25) is 34.3 Å². The van der Waals surface area contributed by atoms with Gasteiger partial charge in [0.15, 0.2) is 0 Å². The van der Waals surface area contributed by atoms with Crippen molar-refractivity contribution in [3.63, 3.8) is 0 Å². The van der Waals surface area contributed by atoms with Crippen LogP contribution in [-0.4, -0.2) is 115 Å². The van der Waals surface area contributed by atoms with Crippen molar-refractivity contribution >= 4 is 34.3 Å². The van der Waals surface area contributed by atoms with Crippen molar-refractivity contribution in [3.05, 3.63) is 46.5 Å². The van der Waals surface area contributed by atoms with E-state index in [1.165, 1.54) is 0 Å². The van der Waals surface area contributed by atoms with Gasteiger partial charge in [0.2, 0.25) is 17.7 Å². The number of piperidine rings is 1. The van der Waals surface area contributed by atoms with Crippen molar-refractivity contribution in [3.8, 4) is 22.6 Å². The lowest BCUT2D eigenvalue weighted by Gasteiger charge is -2.41. The summed E-state index contributed by atoms with van der Waals surface area (Å²) in [7, 11) is 8.86. The summed E-state index contributed by atoms with van der Waals surface area (Å²) in [6.07, 6.45) is 5.02. The van der Waals surface area contributed by atoms with Crippen LogP contribution in [0.25, 0.3) is 21.9 Å². The number of rotatable bonds is 8. The van der Waals surface area contributed by atoms with Crippen LogP contribution in [0, 0.1) is 0 Å². The predicted molar refractivity (Wildman–Crippen MR) is 173 cm³/mol. The highest BCUT2D eigenvalue weighted by atomic mass is 16.5. The second-order valence-corrected chi connectivity index (χ2v) is 12.5. The van der Waals surface area contributed by atoms with Gasteiger partial charge in [-0.1, -0.05) is 0 Å². The number of likely N-dealkylation sites (tertiary alicyclic amines) is 1. The summed E-state index contributed by atoms with van der Waals surface area (Å²) in [6, 6.07) is 5.56. The molecule has 1 aromatic carbocycles. The first-order valence-electron chi connectivity index (χ1n) is 15.6. The van der Waals surface area contributed by atoms with Crippen LogP contribution in [0.5, 0.6) is 11.5 Å². The van der Waals surface area contributed by atoms with Crippen molar-refractivity contribution < 1.29 is 23.9 Å². The summed E-state index contributed by atoms with van der Waals surface area (Å²) in [4.78, 5) is 62.5. The van der Waals surface area contributed by atoms with Gasteiger partial charge in [0.1, 0.15) is 23.4 Å². The lowest BCUT2D eigenvalue weighted by atomic mass is 9.98. The normalized spacial score (nSPS) is 21.2. The third kappa shape index (κ3) is 5.92. The minimum atomic E-state index is -0.569. The molecule has 244 valence electrons. The Morgan fingerprint density at radius 3 is 2.37 bits per heavy atom. The van der Waals surface area contributed by atoms with Crippen molar-refractivity contribution in [2.75, 3.05) is 65.9 Å². The number of carbonyl (C=O) groups is 3. The molecule has 13 heteroatoms. The largest absolute Gasteiger partial charge is 0.496 e. The Morgan fingerprint density at radius 1 is 0.978 bits per heavy atom. The Bertz CT molecular complexity index is 1730. The lowest BCUT2D eigenvalue weighted by Crippen LogP contribution is -2.61. The Labute approximate surface area is 267 Å². The number of amides is 3. The van der Waals surface area contributed by atoms with Crippen LogP contribution in [0.3, 0.4) is 0 Å². The van der Waals surface area contributed by atoms with Gasteiger partial charge in [-0.05, 0) is 36.6 Å². The van der Waals surface area contributed by atoms with E-state index in [0.717, 1.165) is 47.4 Å². The molecule has 6 rings (SSSR count). The molecule has 46 heavy (non-hydrogen) atoms. The first-order valence-corrected chi connectivity index (χ1v) is 15.6. The molecule has 3 amide bonds. The van der Waals surface area contributed by atoms with E-state index in [9.17, 15) is 19.2 Å². The average molecular weight is 632 g/mol. The van der Waals surface area contributed by atoms with E-state index in [-0.39, 0.29) is 42.3 Å².